The zero-order valence-electron chi connectivity index (χ0n) is 21.5. The Morgan fingerprint density at radius 1 is 1.12 bits per heavy atom. The number of alkyl halides is 1. The Morgan fingerprint density at radius 3 is 2.65 bits per heavy atom. The molecule has 0 amide bonds. The molecule has 0 N–H and O–H groups in total. The predicted molar refractivity (Wildman–Crippen MR) is 139 cm³/mol. The van der Waals surface area contributed by atoms with Crippen LogP contribution in [0.25, 0.3) is 0 Å². The number of hydrogen-bond donors (Lipinski definition) is 0. The molecule has 0 radical (unpaired) electrons. The van der Waals surface area contributed by atoms with Crippen LogP contribution in [0.3, 0.4) is 0 Å². The molecule has 194 valence electrons. The number of rotatable bonds is 13. The molecule has 2 aliphatic carbocycles. The van der Waals surface area contributed by atoms with Crippen LogP contribution in [0.2, 0.25) is 0 Å². The lowest BCUT2D eigenvalue weighted by molar-refractivity contribution is -0.192. The Balaban J connectivity index is 1.56. The number of unbranched alkanes of at least 4 members (excludes halogenated alkanes) is 1. The monoisotopic (exact) mass is 494 g/mol. The van der Waals surface area contributed by atoms with Gasteiger partial charge in [-0.25, -0.2) is 0 Å². The largest absolute Gasteiger partial charge is 0.469 e. The molecule has 34 heavy (non-hydrogen) atoms. The van der Waals surface area contributed by atoms with Gasteiger partial charge < -0.3 is 14.2 Å². The Hall–Kier alpha value is -0.840. The summed E-state index contributed by atoms with van der Waals surface area (Å²) >= 11 is 6.90. The lowest BCUT2D eigenvalue weighted by Crippen LogP contribution is -2.30. The van der Waals surface area contributed by atoms with E-state index in [1.54, 1.807) is 0 Å². The van der Waals surface area contributed by atoms with Gasteiger partial charge in [0.05, 0.1) is 13.2 Å². The molecule has 1 unspecified atom stereocenters. The minimum Gasteiger partial charge on any atom is -0.469 e. The quantitative estimate of drug-likeness (QED) is 0.114. The molecule has 3 fully saturated rings. The molecule has 0 aromatic carbocycles. The van der Waals surface area contributed by atoms with E-state index in [9.17, 15) is 4.79 Å². The minimum atomic E-state index is -0.136. The first kappa shape index (κ1) is 27.7. The van der Waals surface area contributed by atoms with Gasteiger partial charge in [0.1, 0.15) is 0 Å². The number of ether oxygens (including phenoxy) is 3. The van der Waals surface area contributed by atoms with Gasteiger partial charge in [-0.1, -0.05) is 50.5 Å². The highest BCUT2D eigenvalue weighted by Crippen LogP contribution is 2.45. The van der Waals surface area contributed by atoms with Gasteiger partial charge in [-0.3, -0.25) is 4.79 Å². The number of halogens is 1. The molecule has 5 atom stereocenters. The van der Waals surface area contributed by atoms with Gasteiger partial charge in [0.2, 0.25) is 0 Å². The van der Waals surface area contributed by atoms with E-state index in [-0.39, 0.29) is 23.7 Å². The van der Waals surface area contributed by atoms with Gasteiger partial charge in [-0.2, -0.15) is 0 Å². The van der Waals surface area contributed by atoms with Gasteiger partial charge in [-0.15, -0.1) is 11.6 Å². The number of carbonyl (C=O) groups excluding carboxylic acids is 1. The van der Waals surface area contributed by atoms with Gasteiger partial charge >= 0.3 is 5.97 Å². The third kappa shape index (κ3) is 8.38. The van der Waals surface area contributed by atoms with Crippen molar-refractivity contribution in [1.29, 1.82) is 0 Å². The minimum absolute atomic E-state index is 0.0759. The Kier molecular flexibility index (Phi) is 12.0. The molecular weight excluding hydrogens is 448 g/mol. The molecule has 2 saturated carbocycles. The fraction of sp³-hybridized carbons (Fsp3) is 0.828. The number of methoxy groups -OCH3 is 1. The summed E-state index contributed by atoms with van der Waals surface area (Å²) in [4.78, 5) is 11.3. The van der Waals surface area contributed by atoms with Crippen molar-refractivity contribution in [2.45, 2.75) is 121 Å². The van der Waals surface area contributed by atoms with Gasteiger partial charge in [0.25, 0.3) is 0 Å². The van der Waals surface area contributed by atoms with E-state index in [0.29, 0.717) is 23.7 Å². The van der Waals surface area contributed by atoms with Crippen molar-refractivity contribution in [2.75, 3.05) is 13.7 Å². The van der Waals surface area contributed by atoms with Crippen LogP contribution in [0.4, 0.5) is 0 Å². The average Bonchev–Trinajstić information content (AvgIpc) is 3.44. The Bertz CT molecular complexity index is 649. The van der Waals surface area contributed by atoms with Gasteiger partial charge in [0.15, 0.2) is 6.29 Å². The summed E-state index contributed by atoms with van der Waals surface area (Å²) in [6, 6.07) is 0. The van der Waals surface area contributed by atoms with Crippen molar-refractivity contribution < 1.29 is 19.0 Å². The van der Waals surface area contributed by atoms with Crippen LogP contribution in [0.15, 0.2) is 24.3 Å². The summed E-state index contributed by atoms with van der Waals surface area (Å²) in [5.74, 6) is 0.562. The molecule has 5 heteroatoms. The van der Waals surface area contributed by atoms with E-state index in [2.05, 4.69) is 31.2 Å². The molecule has 0 aromatic heterocycles. The second-order valence-electron chi connectivity index (χ2n) is 10.7. The molecule has 0 spiro atoms. The van der Waals surface area contributed by atoms with Crippen LogP contribution >= 0.6 is 11.6 Å². The summed E-state index contributed by atoms with van der Waals surface area (Å²) in [5.41, 5.74) is 0.577. The van der Waals surface area contributed by atoms with Crippen LogP contribution in [-0.2, 0) is 19.0 Å². The summed E-state index contributed by atoms with van der Waals surface area (Å²) < 4.78 is 17.1. The highest BCUT2D eigenvalue weighted by molar-refractivity contribution is 6.21. The fourth-order valence-corrected chi connectivity index (χ4v) is 6.63. The first-order valence-corrected chi connectivity index (χ1v) is 14.3. The summed E-state index contributed by atoms with van der Waals surface area (Å²) in [7, 11) is 1.44. The molecule has 0 bridgehead atoms. The van der Waals surface area contributed by atoms with E-state index in [1.807, 2.05) is 0 Å². The normalized spacial score (nSPS) is 31.6. The van der Waals surface area contributed by atoms with E-state index >= 15 is 0 Å². The standard InChI is InChI=1S/C29H47ClO4/c1-3-29(19-11-12-20-29)18-10-8-15-24-23(14-6-4-5-7-16-27(31)32-2)25(30)22-26(24)34-28-17-9-13-21-33-28/h4,6,8,15,23-26,28H,3,5,7,9-14,16-22H2,1-2H3/t23-,24-,25-,26-,28?/m1/s1. The smallest absolute Gasteiger partial charge is 0.305 e. The summed E-state index contributed by atoms with van der Waals surface area (Å²) in [6.07, 6.45) is 26.0. The van der Waals surface area contributed by atoms with Crippen LogP contribution in [-0.4, -0.2) is 37.5 Å². The summed E-state index contributed by atoms with van der Waals surface area (Å²) in [5, 5.41) is 0.111. The van der Waals surface area contributed by atoms with Crippen molar-refractivity contribution >= 4 is 17.6 Å². The maximum Gasteiger partial charge on any atom is 0.305 e. The predicted octanol–water partition coefficient (Wildman–Crippen LogP) is 7.74. The van der Waals surface area contributed by atoms with Crippen molar-refractivity contribution in [3.05, 3.63) is 24.3 Å². The Labute approximate surface area is 212 Å². The Morgan fingerprint density at radius 2 is 1.94 bits per heavy atom. The second-order valence-corrected chi connectivity index (χ2v) is 11.2. The third-order valence-corrected chi connectivity index (χ3v) is 8.98. The average molecular weight is 495 g/mol. The van der Waals surface area contributed by atoms with E-state index in [4.69, 9.17) is 25.8 Å². The number of esters is 1. The number of allylic oxidation sites excluding steroid dienone is 3. The zero-order valence-corrected chi connectivity index (χ0v) is 22.3. The maximum atomic E-state index is 11.3. The summed E-state index contributed by atoms with van der Waals surface area (Å²) in [6.45, 7) is 3.17. The number of carbonyl (C=O) groups is 1. The van der Waals surface area contributed by atoms with Crippen LogP contribution in [0.1, 0.15) is 103 Å². The topological polar surface area (TPSA) is 44.8 Å². The molecule has 0 aromatic rings. The fourth-order valence-electron chi connectivity index (χ4n) is 6.19. The van der Waals surface area contributed by atoms with E-state index < -0.39 is 0 Å². The second kappa shape index (κ2) is 14.7. The van der Waals surface area contributed by atoms with Gasteiger partial charge in [-0.05, 0) is 82.0 Å². The number of hydrogen-bond acceptors (Lipinski definition) is 4. The molecule has 3 rings (SSSR count). The molecule has 1 aliphatic heterocycles. The van der Waals surface area contributed by atoms with Crippen molar-refractivity contribution in [2.24, 2.45) is 17.3 Å². The van der Waals surface area contributed by atoms with Crippen molar-refractivity contribution in [3.8, 4) is 0 Å². The lowest BCUT2D eigenvalue weighted by Gasteiger charge is -2.29. The van der Waals surface area contributed by atoms with Crippen LogP contribution < -0.4 is 0 Å². The molecule has 3 aliphatic rings. The third-order valence-electron chi connectivity index (χ3n) is 8.48. The molecule has 1 heterocycles. The molecule has 4 nitrogen and oxygen atoms in total. The highest BCUT2D eigenvalue weighted by atomic mass is 35.5. The van der Waals surface area contributed by atoms with E-state index in [1.165, 1.54) is 52.1 Å². The first-order chi connectivity index (χ1) is 16.6. The van der Waals surface area contributed by atoms with E-state index in [0.717, 1.165) is 51.6 Å². The highest BCUT2D eigenvalue weighted by Gasteiger charge is 2.42. The lowest BCUT2D eigenvalue weighted by atomic mass is 9.79. The van der Waals surface area contributed by atoms with Crippen molar-refractivity contribution in [3.63, 3.8) is 0 Å². The molecular formula is C29H47ClO4. The molecule has 1 saturated heterocycles. The van der Waals surface area contributed by atoms with Crippen molar-refractivity contribution in [1.82, 2.24) is 0 Å². The zero-order chi connectivity index (χ0) is 24.2. The van der Waals surface area contributed by atoms with Crippen LogP contribution in [0.5, 0.6) is 0 Å². The maximum absolute atomic E-state index is 11.3. The van der Waals surface area contributed by atoms with Gasteiger partial charge in [0, 0.05) is 24.3 Å². The SMILES string of the molecule is CCC1(CCC=C[C@@H]2[C@@H](CC=CCCCC(=O)OC)[C@H](Cl)C[C@H]2OC2CCCCO2)CCCC1. The van der Waals surface area contributed by atoms with Crippen LogP contribution in [0, 0.1) is 17.3 Å². The first-order valence-electron chi connectivity index (χ1n) is 13.9.